The topological polar surface area (TPSA) is 44.8 Å². The summed E-state index contributed by atoms with van der Waals surface area (Å²) in [5, 5.41) is 0. The van der Waals surface area contributed by atoms with Crippen LogP contribution in [0.1, 0.15) is 84.1 Å². The highest BCUT2D eigenvalue weighted by molar-refractivity contribution is 5.79. The molecule has 1 saturated heterocycles. The second-order valence-corrected chi connectivity index (χ2v) is 12.9. The number of carbonyl (C=O) groups is 1. The molecule has 1 aromatic rings. The second-order valence-electron chi connectivity index (χ2n) is 12.9. The van der Waals surface area contributed by atoms with E-state index in [0.717, 1.165) is 54.6 Å². The molecule has 4 aliphatic carbocycles. The Labute approximate surface area is 210 Å². The van der Waals surface area contributed by atoms with Crippen LogP contribution < -0.4 is 0 Å². The Morgan fingerprint density at radius 1 is 0.943 bits per heavy atom. The molecule has 0 bridgehead atoms. The van der Waals surface area contributed by atoms with Gasteiger partial charge in [-0.05, 0) is 97.5 Å². The molecule has 7 unspecified atom stereocenters. The van der Waals surface area contributed by atoms with Gasteiger partial charge in [0.2, 0.25) is 5.79 Å². The Bertz CT molecular complexity index is 979. The Hall–Kier alpha value is -1.49. The maximum atomic E-state index is 12.4. The van der Waals surface area contributed by atoms with Gasteiger partial charge in [0.05, 0.1) is 6.61 Å². The maximum Gasteiger partial charge on any atom is 0.202 e. The minimum absolute atomic E-state index is 0.228. The fourth-order valence-electron chi connectivity index (χ4n) is 9.49. The highest BCUT2D eigenvalue weighted by atomic mass is 17.2. The summed E-state index contributed by atoms with van der Waals surface area (Å²) in [4.78, 5) is 24.5. The number of benzene rings is 1. The molecule has 1 aromatic carbocycles. The third kappa shape index (κ3) is 3.69. The van der Waals surface area contributed by atoms with Crippen molar-refractivity contribution in [3.8, 4) is 0 Å². The fourth-order valence-corrected chi connectivity index (χ4v) is 9.49. The average Bonchev–Trinajstić information content (AvgIpc) is 3.23. The van der Waals surface area contributed by atoms with Gasteiger partial charge in [-0.25, -0.2) is 9.78 Å². The molecule has 1 heterocycles. The van der Waals surface area contributed by atoms with Crippen molar-refractivity contribution < 1.29 is 19.3 Å². The van der Waals surface area contributed by atoms with Crippen LogP contribution in [0.2, 0.25) is 0 Å². The van der Waals surface area contributed by atoms with Crippen molar-refractivity contribution in [2.24, 2.45) is 40.4 Å². The molecule has 1 aliphatic heterocycles. The number of ether oxygens (including phenoxy) is 1. The summed E-state index contributed by atoms with van der Waals surface area (Å²) in [6, 6.07) is 10.2. The van der Waals surface area contributed by atoms with Crippen molar-refractivity contribution in [2.45, 2.75) is 90.4 Å². The minimum atomic E-state index is -0.610. The zero-order valence-corrected chi connectivity index (χ0v) is 21.8. The van der Waals surface area contributed by atoms with Gasteiger partial charge in [0, 0.05) is 18.8 Å². The molecule has 35 heavy (non-hydrogen) atoms. The zero-order valence-electron chi connectivity index (χ0n) is 21.8. The quantitative estimate of drug-likeness (QED) is 0.439. The fraction of sp³-hybridized carbons (Fsp3) is 0.710. The van der Waals surface area contributed by atoms with E-state index in [1.165, 1.54) is 32.1 Å². The van der Waals surface area contributed by atoms with Gasteiger partial charge in [-0.1, -0.05) is 50.8 Å². The summed E-state index contributed by atoms with van der Waals surface area (Å²) < 4.78 is 6.47. The smallest absolute Gasteiger partial charge is 0.202 e. The van der Waals surface area contributed by atoms with Crippen molar-refractivity contribution in [3.63, 3.8) is 0 Å². The molecule has 190 valence electrons. The highest BCUT2D eigenvalue weighted by Gasteiger charge is 2.62. The van der Waals surface area contributed by atoms with E-state index in [0.29, 0.717) is 23.7 Å². The molecular formula is C31H42O4. The van der Waals surface area contributed by atoms with E-state index in [1.54, 1.807) is 0 Å². The van der Waals surface area contributed by atoms with Crippen LogP contribution in [0.15, 0.2) is 36.9 Å². The Balaban J connectivity index is 1.13. The summed E-state index contributed by atoms with van der Waals surface area (Å²) in [7, 11) is 0. The van der Waals surface area contributed by atoms with Gasteiger partial charge in [-0.3, -0.25) is 4.79 Å². The van der Waals surface area contributed by atoms with Crippen LogP contribution in [-0.4, -0.2) is 24.3 Å². The molecule has 0 radical (unpaired) electrons. The Morgan fingerprint density at radius 3 is 2.43 bits per heavy atom. The molecule has 6 rings (SSSR count). The molecule has 4 nitrogen and oxygen atoms in total. The lowest BCUT2D eigenvalue weighted by Gasteiger charge is -2.62. The van der Waals surface area contributed by atoms with Gasteiger partial charge in [-0.2, -0.15) is 0 Å². The molecule has 0 aromatic heterocycles. The maximum absolute atomic E-state index is 12.4. The van der Waals surface area contributed by atoms with Crippen LogP contribution in [0.4, 0.5) is 0 Å². The van der Waals surface area contributed by atoms with Gasteiger partial charge >= 0.3 is 0 Å². The molecule has 1 spiro atoms. The lowest BCUT2D eigenvalue weighted by Crippen LogP contribution is -2.58. The number of ketones is 1. The van der Waals surface area contributed by atoms with Crippen LogP contribution in [0.25, 0.3) is 5.57 Å². The van der Waals surface area contributed by atoms with E-state index in [-0.39, 0.29) is 17.4 Å². The molecule has 9 atom stereocenters. The number of hydrogen-bond acceptors (Lipinski definition) is 4. The number of fused-ring (bicyclic) bond motifs is 5. The van der Waals surface area contributed by atoms with E-state index >= 15 is 0 Å². The minimum Gasteiger partial charge on any atom is -0.344 e. The molecule has 5 aliphatic rings. The van der Waals surface area contributed by atoms with Gasteiger partial charge < -0.3 is 4.74 Å². The van der Waals surface area contributed by atoms with E-state index < -0.39 is 5.79 Å². The first-order valence-corrected chi connectivity index (χ1v) is 14.0. The average molecular weight is 479 g/mol. The predicted octanol–water partition coefficient (Wildman–Crippen LogP) is 6.99. The third-order valence-electron chi connectivity index (χ3n) is 11.5. The van der Waals surface area contributed by atoms with Crippen LogP contribution in [0.3, 0.4) is 0 Å². The third-order valence-corrected chi connectivity index (χ3v) is 11.5. The van der Waals surface area contributed by atoms with Gasteiger partial charge in [0.25, 0.3) is 0 Å². The van der Waals surface area contributed by atoms with E-state index in [2.05, 4.69) is 32.6 Å². The van der Waals surface area contributed by atoms with E-state index in [9.17, 15) is 4.79 Å². The molecule has 5 fully saturated rings. The summed E-state index contributed by atoms with van der Waals surface area (Å²) in [5.41, 5.74) is 2.54. The van der Waals surface area contributed by atoms with Crippen LogP contribution in [-0.2, 0) is 19.3 Å². The second kappa shape index (κ2) is 8.53. The first kappa shape index (κ1) is 23.9. The van der Waals surface area contributed by atoms with Crippen LogP contribution in [0.5, 0.6) is 0 Å². The Morgan fingerprint density at radius 2 is 1.71 bits per heavy atom. The SMILES string of the molecule is C=C(c1ccccc1)C1COC2(CC[C@@]3(C)C(CCC4C3CC[C@]3(C)C(C(C)=O)CCC43)C2)OO1. The van der Waals surface area contributed by atoms with Crippen molar-refractivity contribution in [3.05, 3.63) is 42.5 Å². The lowest BCUT2D eigenvalue weighted by atomic mass is 9.44. The predicted molar refractivity (Wildman–Crippen MR) is 136 cm³/mol. The number of Topliss-reactive ketones (excluding diaryl/α,β-unsaturated/α-hetero) is 1. The summed E-state index contributed by atoms with van der Waals surface area (Å²) in [5.74, 6) is 2.96. The van der Waals surface area contributed by atoms with Crippen molar-refractivity contribution in [1.29, 1.82) is 0 Å². The molecule has 4 heteroatoms. The molecule has 0 N–H and O–H groups in total. The van der Waals surface area contributed by atoms with E-state index in [1.807, 2.05) is 25.1 Å². The largest absolute Gasteiger partial charge is 0.344 e. The van der Waals surface area contributed by atoms with Crippen molar-refractivity contribution in [1.82, 2.24) is 0 Å². The summed E-state index contributed by atoms with van der Waals surface area (Å²) in [6.07, 6.45) is 10.1. The summed E-state index contributed by atoms with van der Waals surface area (Å²) in [6.45, 7) is 11.6. The van der Waals surface area contributed by atoms with Crippen molar-refractivity contribution >= 4 is 11.4 Å². The lowest BCUT2D eigenvalue weighted by molar-refractivity contribution is -0.489. The first-order chi connectivity index (χ1) is 16.8. The van der Waals surface area contributed by atoms with Crippen LogP contribution in [0, 0.1) is 40.4 Å². The zero-order chi connectivity index (χ0) is 24.4. The standard InChI is InChI=1S/C31H42O4/c1-20(22-8-6-5-7-9-22)28-19-33-31(35-34-28)17-16-29(3)23(18-31)10-11-24-26-13-12-25(21(2)32)30(26,4)15-14-27(24)29/h5-9,23-28H,1,10-19H2,2-4H3/t23?,24?,25?,26?,27?,28?,29-,30+,31?/m0/s1. The first-order valence-electron chi connectivity index (χ1n) is 14.0. The highest BCUT2D eigenvalue weighted by Crippen LogP contribution is 2.68. The number of carbonyl (C=O) groups excluding carboxylic acids is 1. The Kier molecular flexibility index (Phi) is 5.82. The van der Waals surface area contributed by atoms with Crippen LogP contribution >= 0.6 is 0 Å². The van der Waals surface area contributed by atoms with E-state index in [4.69, 9.17) is 14.5 Å². The normalized spacial score (nSPS) is 46.9. The van der Waals surface area contributed by atoms with Gasteiger partial charge in [0.15, 0.2) is 0 Å². The van der Waals surface area contributed by atoms with Crippen molar-refractivity contribution in [2.75, 3.05) is 6.61 Å². The molecule has 0 amide bonds. The molecule has 4 saturated carbocycles. The number of rotatable bonds is 3. The summed E-state index contributed by atoms with van der Waals surface area (Å²) >= 11 is 0. The number of hydrogen-bond donors (Lipinski definition) is 0. The molecular weight excluding hydrogens is 436 g/mol. The monoisotopic (exact) mass is 478 g/mol. The van der Waals surface area contributed by atoms with Gasteiger partial charge in [0.1, 0.15) is 11.9 Å². The van der Waals surface area contributed by atoms with Gasteiger partial charge in [-0.15, -0.1) is 0 Å².